The Hall–Kier alpha value is -1.36. The van der Waals surface area contributed by atoms with Gasteiger partial charge in [-0.15, -0.1) is 0 Å². The fraction of sp³-hybridized carbons (Fsp3) is 0.800. The lowest BCUT2D eigenvalue weighted by Gasteiger charge is -2.38. The molecular weight excluding hydrogens is 314 g/mol. The van der Waals surface area contributed by atoms with Crippen molar-refractivity contribution in [1.29, 1.82) is 0 Å². The second-order valence-electron chi connectivity index (χ2n) is 8.92. The lowest BCUT2D eigenvalue weighted by molar-refractivity contribution is -0.135. The van der Waals surface area contributed by atoms with Gasteiger partial charge in [0, 0.05) is 19.1 Å². The third-order valence-electron chi connectivity index (χ3n) is 6.56. The highest BCUT2D eigenvalue weighted by molar-refractivity contribution is 5.84. The van der Waals surface area contributed by atoms with Crippen LogP contribution in [-0.2, 0) is 9.59 Å². The van der Waals surface area contributed by atoms with Crippen molar-refractivity contribution < 1.29 is 9.59 Å². The van der Waals surface area contributed by atoms with E-state index >= 15 is 0 Å². The van der Waals surface area contributed by atoms with Crippen molar-refractivity contribution in [2.45, 2.75) is 65.5 Å². The van der Waals surface area contributed by atoms with Crippen LogP contribution < -0.4 is 5.73 Å². The first-order valence-corrected chi connectivity index (χ1v) is 9.72. The third kappa shape index (κ3) is 3.48. The van der Waals surface area contributed by atoms with Gasteiger partial charge in [-0.1, -0.05) is 25.5 Å². The summed E-state index contributed by atoms with van der Waals surface area (Å²) in [5.41, 5.74) is 6.92. The summed E-state index contributed by atoms with van der Waals surface area (Å²) in [6.45, 7) is 11.2. The summed E-state index contributed by atoms with van der Waals surface area (Å²) in [7, 11) is 0. The van der Waals surface area contributed by atoms with E-state index in [9.17, 15) is 9.59 Å². The van der Waals surface area contributed by atoms with Gasteiger partial charge in [0.1, 0.15) is 0 Å². The van der Waals surface area contributed by atoms with Gasteiger partial charge in [-0.3, -0.25) is 14.5 Å². The quantitative estimate of drug-likeness (QED) is 0.793. The summed E-state index contributed by atoms with van der Waals surface area (Å²) >= 11 is 0. The van der Waals surface area contributed by atoms with E-state index in [4.69, 9.17) is 5.73 Å². The summed E-state index contributed by atoms with van der Waals surface area (Å²) in [5.74, 6) is 0.628. The van der Waals surface area contributed by atoms with Crippen LogP contribution in [0.5, 0.6) is 0 Å². The fourth-order valence-electron chi connectivity index (χ4n) is 4.97. The maximum absolute atomic E-state index is 13.0. The van der Waals surface area contributed by atoms with Crippen LogP contribution >= 0.6 is 0 Å². The van der Waals surface area contributed by atoms with Gasteiger partial charge in [0.15, 0.2) is 0 Å². The number of nitrogens with two attached hydrogens (primary N) is 1. The van der Waals surface area contributed by atoms with Crippen molar-refractivity contribution in [2.75, 3.05) is 19.6 Å². The third-order valence-corrected chi connectivity index (χ3v) is 6.56. The van der Waals surface area contributed by atoms with Crippen molar-refractivity contribution in [2.24, 2.45) is 23.0 Å². The average molecular weight is 348 g/mol. The molecule has 3 rings (SSSR count). The molecule has 0 unspecified atom stereocenters. The van der Waals surface area contributed by atoms with Gasteiger partial charge in [0.2, 0.25) is 11.8 Å². The molecule has 0 aromatic carbocycles. The van der Waals surface area contributed by atoms with Crippen LogP contribution in [0.3, 0.4) is 0 Å². The summed E-state index contributed by atoms with van der Waals surface area (Å²) in [5, 5.41) is 0. The first-order valence-electron chi connectivity index (χ1n) is 9.72. The van der Waals surface area contributed by atoms with Crippen LogP contribution in [0.4, 0.5) is 0 Å². The number of carbonyl (C=O) groups is 2. The minimum Gasteiger partial charge on any atom is -0.368 e. The van der Waals surface area contributed by atoms with Crippen LogP contribution in [0, 0.1) is 17.3 Å². The van der Waals surface area contributed by atoms with Gasteiger partial charge in [0.25, 0.3) is 0 Å². The first kappa shape index (κ1) is 18.4. The number of amides is 2. The zero-order valence-electron chi connectivity index (χ0n) is 16.1. The summed E-state index contributed by atoms with van der Waals surface area (Å²) in [4.78, 5) is 28.9. The number of nitrogens with zero attached hydrogens (tertiary/aromatic N) is 2. The summed E-state index contributed by atoms with van der Waals surface area (Å²) in [6, 6.07) is 0.293. The number of allylic oxidation sites excluding steroid dienone is 2. The molecule has 2 saturated heterocycles. The van der Waals surface area contributed by atoms with E-state index in [0.717, 1.165) is 45.3 Å². The topological polar surface area (TPSA) is 66.6 Å². The van der Waals surface area contributed by atoms with Gasteiger partial charge in [-0.05, 0) is 57.4 Å². The lowest BCUT2D eigenvalue weighted by Crippen LogP contribution is -2.51. The van der Waals surface area contributed by atoms with E-state index in [0.29, 0.717) is 17.9 Å². The normalized spacial score (nSPS) is 32.5. The van der Waals surface area contributed by atoms with Crippen molar-refractivity contribution >= 4 is 11.8 Å². The highest BCUT2D eigenvalue weighted by Gasteiger charge is 2.61. The molecule has 1 aliphatic carbocycles. The highest BCUT2D eigenvalue weighted by Crippen LogP contribution is 2.60. The molecule has 0 aromatic rings. The van der Waals surface area contributed by atoms with E-state index in [1.165, 1.54) is 5.57 Å². The van der Waals surface area contributed by atoms with E-state index in [1.54, 1.807) is 0 Å². The zero-order chi connectivity index (χ0) is 18.4. The Labute approximate surface area is 151 Å². The average Bonchev–Trinajstić information content (AvgIpc) is 2.92. The number of hydrogen-bond acceptors (Lipinski definition) is 3. The van der Waals surface area contributed by atoms with Gasteiger partial charge in [-0.25, -0.2) is 0 Å². The van der Waals surface area contributed by atoms with Gasteiger partial charge < -0.3 is 10.6 Å². The smallest absolute Gasteiger partial charge is 0.234 e. The van der Waals surface area contributed by atoms with Crippen molar-refractivity contribution in [3.63, 3.8) is 0 Å². The van der Waals surface area contributed by atoms with Crippen LogP contribution in [0.25, 0.3) is 0 Å². The molecule has 2 aliphatic heterocycles. The lowest BCUT2D eigenvalue weighted by atomic mass is 10.0. The minimum atomic E-state index is -0.194. The van der Waals surface area contributed by atoms with Crippen LogP contribution in [0.15, 0.2) is 11.6 Å². The standard InChI is InChI=1S/C20H33N3O2/c1-13(2)12-15-17(20(15,3)4)19(25)22-10-7-14(8-11-22)23-9-5-6-16(23)18(21)24/h12,14-17H,5-11H2,1-4H3,(H2,21,24)/t15-,16+,17-/m1/s1. The fourth-order valence-corrected chi connectivity index (χ4v) is 4.97. The molecule has 0 spiro atoms. The largest absolute Gasteiger partial charge is 0.368 e. The minimum absolute atomic E-state index is 0.0806. The molecule has 3 aliphatic rings. The highest BCUT2D eigenvalue weighted by atomic mass is 16.2. The SMILES string of the molecule is CC(C)=C[C@@H]1[C@H](C(=O)N2CCC(N3CCC[C@H]3C(N)=O)CC2)C1(C)C. The second kappa shape index (κ2) is 6.75. The molecule has 1 saturated carbocycles. The maximum atomic E-state index is 13.0. The van der Waals surface area contributed by atoms with Crippen molar-refractivity contribution in [3.05, 3.63) is 11.6 Å². The number of likely N-dealkylation sites (tertiary alicyclic amines) is 2. The molecule has 25 heavy (non-hydrogen) atoms. The molecule has 0 aromatic heterocycles. The number of rotatable bonds is 4. The van der Waals surface area contributed by atoms with E-state index in [1.807, 2.05) is 0 Å². The number of carbonyl (C=O) groups excluding carboxylic acids is 2. The van der Waals surface area contributed by atoms with Crippen molar-refractivity contribution in [1.82, 2.24) is 9.80 Å². The van der Waals surface area contributed by atoms with E-state index in [2.05, 4.69) is 43.6 Å². The molecular formula is C20H33N3O2. The summed E-state index contributed by atoms with van der Waals surface area (Å²) in [6.07, 6.45) is 6.10. The molecule has 2 amide bonds. The first-order chi connectivity index (χ1) is 11.7. The molecule has 0 radical (unpaired) electrons. The van der Waals surface area contributed by atoms with Crippen LogP contribution in [-0.4, -0.2) is 53.3 Å². The number of hydrogen-bond donors (Lipinski definition) is 1. The Morgan fingerprint density at radius 2 is 1.72 bits per heavy atom. The Bertz CT molecular complexity index is 571. The zero-order valence-corrected chi connectivity index (χ0v) is 16.1. The molecule has 5 heteroatoms. The van der Waals surface area contributed by atoms with Gasteiger partial charge in [0.05, 0.1) is 12.0 Å². The van der Waals surface area contributed by atoms with Gasteiger partial charge in [-0.2, -0.15) is 0 Å². The van der Waals surface area contributed by atoms with E-state index < -0.39 is 0 Å². The Kier molecular flexibility index (Phi) is 4.97. The molecule has 3 fully saturated rings. The maximum Gasteiger partial charge on any atom is 0.234 e. The molecule has 2 N–H and O–H groups in total. The predicted octanol–water partition coefficient (Wildman–Crippen LogP) is 2.17. The molecule has 0 bridgehead atoms. The molecule has 5 nitrogen and oxygen atoms in total. The Morgan fingerprint density at radius 3 is 2.28 bits per heavy atom. The molecule has 2 heterocycles. The van der Waals surface area contributed by atoms with E-state index in [-0.39, 0.29) is 23.3 Å². The second-order valence-corrected chi connectivity index (χ2v) is 8.92. The predicted molar refractivity (Wildman–Crippen MR) is 98.7 cm³/mol. The molecule has 140 valence electrons. The van der Waals surface area contributed by atoms with Crippen molar-refractivity contribution in [3.8, 4) is 0 Å². The van der Waals surface area contributed by atoms with Gasteiger partial charge >= 0.3 is 0 Å². The molecule has 3 atom stereocenters. The summed E-state index contributed by atoms with van der Waals surface area (Å²) < 4.78 is 0. The Morgan fingerprint density at radius 1 is 1.08 bits per heavy atom. The number of primary amides is 1. The monoisotopic (exact) mass is 347 g/mol. The Balaban J connectivity index is 1.57. The van der Waals surface area contributed by atoms with Crippen LogP contribution in [0.1, 0.15) is 53.4 Å². The number of piperidine rings is 1. The van der Waals surface area contributed by atoms with Crippen LogP contribution in [0.2, 0.25) is 0 Å².